The molecule has 1 aliphatic heterocycles. The van der Waals surface area contributed by atoms with Crippen LogP contribution in [-0.4, -0.2) is 43.7 Å². The van der Waals surface area contributed by atoms with E-state index in [1.54, 1.807) is 31.4 Å². The monoisotopic (exact) mass is 397 g/mol. The lowest BCUT2D eigenvalue weighted by Gasteiger charge is -2.22. The van der Waals surface area contributed by atoms with Gasteiger partial charge in [0.15, 0.2) is 12.1 Å². The van der Waals surface area contributed by atoms with Gasteiger partial charge in [0.2, 0.25) is 5.89 Å². The van der Waals surface area contributed by atoms with E-state index in [1.807, 2.05) is 0 Å². The molecule has 3 rings (SSSR count). The molecule has 1 aromatic carbocycles. The predicted octanol–water partition coefficient (Wildman–Crippen LogP) is 2.82. The Balaban J connectivity index is 1.78. The number of nitrogens with zero attached hydrogens (tertiary/aromatic N) is 1. The minimum absolute atomic E-state index is 0.0305. The molecule has 148 valence electrons. The van der Waals surface area contributed by atoms with E-state index in [2.05, 4.69) is 4.98 Å². The smallest absolute Gasteiger partial charge is 0.265 e. The van der Waals surface area contributed by atoms with Crippen molar-refractivity contribution >= 4 is 10.1 Å². The van der Waals surface area contributed by atoms with Crippen LogP contribution in [0.4, 0.5) is 0 Å². The lowest BCUT2D eigenvalue weighted by atomic mass is 10.2. The van der Waals surface area contributed by atoms with Gasteiger partial charge in [-0.15, -0.1) is 0 Å². The number of oxazole rings is 1. The second kappa shape index (κ2) is 8.83. The zero-order valence-electron chi connectivity index (χ0n) is 15.1. The van der Waals surface area contributed by atoms with Gasteiger partial charge in [-0.2, -0.15) is 8.42 Å². The van der Waals surface area contributed by atoms with Crippen LogP contribution in [0.5, 0.6) is 5.75 Å². The maximum absolute atomic E-state index is 11.1. The first-order valence-electron chi connectivity index (χ1n) is 8.76. The highest BCUT2D eigenvalue weighted by Gasteiger charge is 2.20. The van der Waals surface area contributed by atoms with E-state index in [9.17, 15) is 8.42 Å². The first-order valence-corrected chi connectivity index (χ1v) is 10.4. The highest BCUT2D eigenvalue weighted by Crippen LogP contribution is 2.26. The number of hydrogen-bond donors (Lipinski definition) is 1. The second-order valence-corrected chi connectivity index (χ2v) is 7.83. The molecule has 1 aromatic heterocycles. The van der Waals surface area contributed by atoms with Gasteiger partial charge in [0.25, 0.3) is 10.1 Å². The number of methoxy groups -OCH3 is 1. The fourth-order valence-corrected chi connectivity index (χ4v) is 3.24. The van der Waals surface area contributed by atoms with Crippen LogP contribution in [0.3, 0.4) is 0 Å². The molecule has 1 saturated heterocycles. The zero-order chi connectivity index (χ0) is 19.3. The largest absolute Gasteiger partial charge is 0.497 e. The summed E-state index contributed by atoms with van der Waals surface area (Å²) in [7, 11) is -2.52. The Labute approximate surface area is 158 Å². The van der Waals surface area contributed by atoms with Crippen LogP contribution in [0.1, 0.15) is 30.7 Å². The molecule has 0 aliphatic carbocycles. The molecule has 1 atom stereocenters. The fraction of sp³-hybridized carbons (Fsp3) is 0.500. The van der Waals surface area contributed by atoms with Gasteiger partial charge < -0.3 is 18.6 Å². The molecule has 0 amide bonds. The van der Waals surface area contributed by atoms with Gasteiger partial charge in [0.1, 0.15) is 12.4 Å². The van der Waals surface area contributed by atoms with Crippen LogP contribution >= 0.6 is 0 Å². The lowest BCUT2D eigenvalue weighted by Crippen LogP contribution is -2.22. The Kier molecular flexibility index (Phi) is 6.48. The standard InChI is InChI=1S/C18H23NO7S/c1-23-14-7-5-13(6-8-14)18-19-15(9-11-27(20,21)22)16(26-18)12-25-17-4-2-3-10-24-17/h5-8,17H,2-4,9-12H2,1H3,(H,20,21,22). The summed E-state index contributed by atoms with van der Waals surface area (Å²) in [5.74, 6) is 1.05. The van der Waals surface area contributed by atoms with Crippen molar-refractivity contribution in [1.29, 1.82) is 0 Å². The van der Waals surface area contributed by atoms with Crippen molar-refractivity contribution in [1.82, 2.24) is 4.98 Å². The summed E-state index contributed by atoms with van der Waals surface area (Å²) in [5.41, 5.74) is 1.17. The normalized spacial score (nSPS) is 17.8. The summed E-state index contributed by atoms with van der Waals surface area (Å²) in [4.78, 5) is 4.40. The van der Waals surface area contributed by atoms with Gasteiger partial charge in [-0.05, 0) is 43.5 Å². The van der Waals surface area contributed by atoms with Gasteiger partial charge in [0, 0.05) is 18.6 Å². The summed E-state index contributed by atoms with van der Waals surface area (Å²) in [6.45, 7) is 0.780. The number of ether oxygens (including phenoxy) is 3. The first kappa shape index (κ1) is 19.8. The van der Waals surface area contributed by atoms with E-state index >= 15 is 0 Å². The maximum atomic E-state index is 11.1. The predicted molar refractivity (Wildman–Crippen MR) is 97.0 cm³/mol. The molecule has 0 radical (unpaired) electrons. The van der Waals surface area contributed by atoms with Crippen LogP contribution < -0.4 is 4.74 Å². The fourth-order valence-electron chi connectivity index (χ4n) is 2.79. The van der Waals surface area contributed by atoms with Gasteiger partial charge >= 0.3 is 0 Å². The van der Waals surface area contributed by atoms with Gasteiger partial charge in [-0.25, -0.2) is 4.98 Å². The second-order valence-electron chi connectivity index (χ2n) is 6.26. The molecule has 2 heterocycles. The van der Waals surface area contributed by atoms with Crippen molar-refractivity contribution in [2.45, 2.75) is 38.6 Å². The molecule has 1 unspecified atom stereocenters. The lowest BCUT2D eigenvalue weighted by molar-refractivity contribution is -0.171. The zero-order valence-corrected chi connectivity index (χ0v) is 15.9. The summed E-state index contributed by atoms with van der Waals surface area (Å²) >= 11 is 0. The number of rotatable bonds is 8. The average Bonchev–Trinajstić information content (AvgIpc) is 3.08. The van der Waals surface area contributed by atoms with E-state index in [4.69, 9.17) is 23.2 Å². The number of hydrogen-bond acceptors (Lipinski definition) is 7. The Morgan fingerprint density at radius 1 is 1.26 bits per heavy atom. The molecule has 0 bridgehead atoms. The third kappa shape index (κ3) is 5.77. The Morgan fingerprint density at radius 2 is 2.04 bits per heavy atom. The van der Waals surface area contributed by atoms with E-state index in [0.29, 0.717) is 29.7 Å². The molecule has 8 nitrogen and oxygen atoms in total. The Bertz CT molecular complexity index is 839. The molecule has 2 aromatic rings. The van der Waals surface area contributed by atoms with Crippen molar-refractivity contribution in [3.63, 3.8) is 0 Å². The third-order valence-electron chi connectivity index (χ3n) is 4.25. The molecule has 9 heteroatoms. The number of aromatic nitrogens is 1. The summed E-state index contributed by atoms with van der Waals surface area (Å²) in [5, 5.41) is 0. The van der Waals surface area contributed by atoms with Crippen LogP contribution in [0.25, 0.3) is 11.5 Å². The highest BCUT2D eigenvalue weighted by atomic mass is 32.2. The molecule has 0 saturated carbocycles. The van der Waals surface area contributed by atoms with Gasteiger partial charge in [0.05, 0.1) is 18.6 Å². The molecule has 1 N–H and O–H groups in total. The van der Waals surface area contributed by atoms with E-state index in [1.165, 1.54) is 0 Å². The van der Waals surface area contributed by atoms with Crippen molar-refractivity contribution < 1.29 is 31.6 Å². The highest BCUT2D eigenvalue weighted by molar-refractivity contribution is 7.85. The van der Waals surface area contributed by atoms with Gasteiger partial charge in [-0.3, -0.25) is 4.55 Å². The summed E-state index contributed by atoms with van der Waals surface area (Å²) in [6.07, 6.45) is 2.59. The Hall–Kier alpha value is -1.94. The number of benzene rings is 1. The molecule has 27 heavy (non-hydrogen) atoms. The van der Waals surface area contributed by atoms with Crippen molar-refractivity contribution in [2.75, 3.05) is 19.5 Å². The summed E-state index contributed by atoms with van der Waals surface area (Å²) in [6, 6.07) is 7.16. The van der Waals surface area contributed by atoms with E-state index in [-0.39, 0.29) is 19.3 Å². The quantitative estimate of drug-likeness (QED) is 0.678. The van der Waals surface area contributed by atoms with Crippen LogP contribution in [0, 0.1) is 0 Å². The summed E-state index contributed by atoms with van der Waals surface area (Å²) < 4.78 is 53.5. The maximum Gasteiger partial charge on any atom is 0.265 e. The molecular formula is C18H23NO7S. The topological polar surface area (TPSA) is 108 Å². The van der Waals surface area contributed by atoms with E-state index in [0.717, 1.165) is 24.8 Å². The minimum atomic E-state index is -4.10. The van der Waals surface area contributed by atoms with Gasteiger partial charge in [-0.1, -0.05) is 0 Å². The number of aryl methyl sites for hydroxylation is 1. The molecular weight excluding hydrogens is 374 g/mol. The van der Waals surface area contributed by atoms with Crippen molar-refractivity contribution in [3.8, 4) is 17.2 Å². The van der Waals surface area contributed by atoms with Crippen molar-refractivity contribution in [3.05, 3.63) is 35.7 Å². The molecule has 0 spiro atoms. The van der Waals surface area contributed by atoms with Crippen LogP contribution in [-0.2, 0) is 32.6 Å². The molecule has 1 fully saturated rings. The average molecular weight is 397 g/mol. The Morgan fingerprint density at radius 3 is 2.67 bits per heavy atom. The van der Waals surface area contributed by atoms with Crippen molar-refractivity contribution in [2.24, 2.45) is 0 Å². The van der Waals surface area contributed by atoms with Crippen LogP contribution in [0.2, 0.25) is 0 Å². The minimum Gasteiger partial charge on any atom is -0.497 e. The third-order valence-corrected chi connectivity index (χ3v) is 4.97. The van der Waals surface area contributed by atoms with E-state index < -0.39 is 15.9 Å². The van der Waals surface area contributed by atoms with Crippen LogP contribution in [0.15, 0.2) is 28.7 Å². The first-order chi connectivity index (χ1) is 12.9. The molecule has 1 aliphatic rings. The SMILES string of the molecule is COc1ccc(-c2nc(CCS(=O)(=O)O)c(COC3CCCCO3)o2)cc1.